The number of aliphatic hydroxyl groups is 1. The van der Waals surface area contributed by atoms with E-state index in [0.717, 1.165) is 37.9 Å². The molecule has 20 heavy (non-hydrogen) atoms. The number of hydrogen-bond acceptors (Lipinski definition) is 3. The highest BCUT2D eigenvalue weighted by Gasteiger charge is 2.34. The number of nitrogens with zero attached hydrogens (tertiary/aromatic N) is 1. The molecule has 3 nitrogen and oxygen atoms in total. The summed E-state index contributed by atoms with van der Waals surface area (Å²) in [6.07, 6.45) is 0.0302. The van der Waals surface area contributed by atoms with E-state index < -0.39 is 17.3 Å². The highest BCUT2D eigenvalue weighted by atomic mass is 19.4. The van der Waals surface area contributed by atoms with Crippen molar-refractivity contribution in [2.45, 2.75) is 44.3 Å². The molecule has 0 aliphatic heterocycles. The minimum atomic E-state index is -4.37. The van der Waals surface area contributed by atoms with Crippen molar-refractivity contribution in [3.05, 3.63) is 23.9 Å². The van der Waals surface area contributed by atoms with E-state index >= 15 is 0 Å². The Morgan fingerprint density at radius 2 is 2.00 bits per heavy atom. The maximum Gasteiger partial charge on any atom is 0.417 e. The Labute approximate surface area is 116 Å². The molecule has 2 N–H and O–H groups in total. The average Bonchev–Trinajstić information content (AvgIpc) is 2.41. The number of aliphatic hydroxyl groups excluding tert-OH is 1. The molecule has 6 heteroatoms. The maximum absolute atomic E-state index is 12.5. The summed E-state index contributed by atoms with van der Waals surface area (Å²) in [6.45, 7) is 2.13. The van der Waals surface area contributed by atoms with Crippen LogP contribution >= 0.6 is 0 Å². The van der Waals surface area contributed by atoms with Gasteiger partial charge in [-0.15, -0.1) is 0 Å². The van der Waals surface area contributed by atoms with Crippen LogP contribution in [0.4, 0.5) is 19.0 Å². The van der Waals surface area contributed by atoms with E-state index in [4.69, 9.17) is 0 Å². The third kappa shape index (κ3) is 3.42. The highest BCUT2D eigenvalue weighted by molar-refractivity contribution is 5.39. The lowest BCUT2D eigenvalue weighted by atomic mass is 9.77. The van der Waals surface area contributed by atoms with Crippen molar-refractivity contribution in [1.29, 1.82) is 0 Å². The van der Waals surface area contributed by atoms with Crippen molar-refractivity contribution >= 4 is 5.82 Å². The molecule has 0 atom stereocenters. The Kier molecular flexibility index (Phi) is 4.22. The van der Waals surface area contributed by atoms with Crippen LogP contribution in [0, 0.1) is 5.92 Å². The van der Waals surface area contributed by atoms with Gasteiger partial charge in [0.2, 0.25) is 0 Å². The number of rotatable bonds is 3. The molecule has 0 spiro atoms. The summed E-state index contributed by atoms with van der Waals surface area (Å²) in [4.78, 5) is 3.81. The normalized spacial score (nSPS) is 27.4. The Morgan fingerprint density at radius 3 is 2.45 bits per heavy atom. The molecule has 1 aromatic rings. The first kappa shape index (κ1) is 15.1. The van der Waals surface area contributed by atoms with Gasteiger partial charge in [-0.3, -0.25) is 0 Å². The zero-order valence-corrected chi connectivity index (χ0v) is 11.4. The van der Waals surface area contributed by atoms with Gasteiger partial charge in [-0.25, -0.2) is 4.98 Å². The largest absolute Gasteiger partial charge is 0.417 e. The number of pyridine rings is 1. The summed E-state index contributed by atoms with van der Waals surface area (Å²) in [5, 5.41) is 12.7. The molecule has 0 aromatic carbocycles. The minimum Gasteiger partial charge on any atom is -0.394 e. The van der Waals surface area contributed by atoms with Gasteiger partial charge in [0, 0.05) is 6.20 Å². The van der Waals surface area contributed by atoms with Crippen molar-refractivity contribution in [2.75, 3.05) is 11.9 Å². The Hall–Kier alpha value is -1.30. The second kappa shape index (κ2) is 5.60. The molecule has 0 bridgehead atoms. The van der Waals surface area contributed by atoms with Gasteiger partial charge in [-0.1, -0.05) is 6.92 Å². The first-order chi connectivity index (χ1) is 9.35. The maximum atomic E-state index is 12.5. The van der Waals surface area contributed by atoms with E-state index in [1.807, 2.05) is 0 Å². The minimum absolute atomic E-state index is 0.0393. The van der Waals surface area contributed by atoms with E-state index in [1.54, 1.807) is 0 Å². The number of anilines is 1. The van der Waals surface area contributed by atoms with Gasteiger partial charge in [-0.2, -0.15) is 13.2 Å². The fourth-order valence-corrected chi connectivity index (χ4v) is 2.54. The van der Waals surface area contributed by atoms with Crippen LogP contribution in [0.25, 0.3) is 0 Å². The topological polar surface area (TPSA) is 45.1 Å². The summed E-state index contributed by atoms with van der Waals surface area (Å²) >= 11 is 0. The van der Waals surface area contributed by atoms with Crippen LogP contribution in [-0.2, 0) is 6.18 Å². The van der Waals surface area contributed by atoms with Gasteiger partial charge in [0.25, 0.3) is 0 Å². The van der Waals surface area contributed by atoms with E-state index in [-0.39, 0.29) is 6.61 Å². The van der Waals surface area contributed by atoms with Crippen molar-refractivity contribution in [2.24, 2.45) is 5.92 Å². The predicted molar refractivity (Wildman–Crippen MR) is 70.3 cm³/mol. The third-order valence-corrected chi connectivity index (χ3v) is 4.02. The van der Waals surface area contributed by atoms with E-state index in [1.165, 1.54) is 6.07 Å². The Morgan fingerprint density at radius 1 is 1.35 bits per heavy atom. The van der Waals surface area contributed by atoms with Crippen LogP contribution in [0.15, 0.2) is 18.3 Å². The highest BCUT2D eigenvalue weighted by Crippen LogP contribution is 2.34. The average molecular weight is 288 g/mol. The van der Waals surface area contributed by atoms with Crippen LogP contribution in [-0.4, -0.2) is 22.2 Å². The molecule has 1 heterocycles. The van der Waals surface area contributed by atoms with Gasteiger partial charge in [0.15, 0.2) is 0 Å². The molecule has 0 amide bonds. The third-order valence-electron chi connectivity index (χ3n) is 4.02. The SMILES string of the molecule is CC1CCC(CO)(Nc2ccc(C(F)(F)F)cn2)CC1. The molecule has 0 unspecified atom stereocenters. The first-order valence-corrected chi connectivity index (χ1v) is 6.77. The van der Waals surface area contributed by atoms with Crippen molar-refractivity contribution in [1.82, 2.24) is 4.98 Å². The van der Waals surface area contributed by atoms with E-state index in [2.05, 4.69) is 17.2 Å². The molecule has 1 aromatic heterocycles. The number of aromatic nitrogens is 1. The number of hydrogen-bond donors (Lipinski definition) is 2. The summed E-state index contributed by atoms with van der Waals surface area (Å²) in [5.41, 5.74) is -1.22. The number of alkyl halides is 3. The van der Waals surface area contributed by atoms with Crippen LogP contribution in [0.3, 0.4) is 0 Å². The van der Waals surface area contributed by atoms with Gasteiger partial charge >= 0.3 is 6.18 Å². The van der Waals surface area contributed by atoms with Gasteiger partial charge in [-0.05, 0) is 43.7 Å². The van der Waals surface area contributed by atoms with Crippen LogP contribution in [0.5, 0.6) is 0 Å². The van der Waals surface area contributed by atoms with Crippen molar-refractivity contribution in [3.8, 4) is 0 Å². The summed E-state index contributed by atoms with van der Waals surface area (Å²) in [5.74, 6) is 0.999. The lowest BCUT2D eigenvalue weighted by Gasteiger charge is -2.39. The molecule has 1 fully saturated rings. The summed E-state index contributed by atoms with van der Waals surface area (Å²) in [6, 6.07) is 2.32. The molecule has 1 aliphatic carbocycles. The lowest BCUT2D eigenvalue weighted by Crippen LogP contribution is -2.45. The molecule has 2 rings (SSSR count). The van der Waals surface area contributed by atoms with Crippen LogP contribution in [0.2, 0.25) is 0 Å². The Balaban J connectivity index is 2.08. The van der Waals surface area contributed by atoms with Crippen molar-refractivity contribution < 1.29 is 18.3 Å². The van der Waals surface area contributed by atoms with E-state index in [0.29, 0.717) is 11.7 Å². The first-order valence-electron chi connectivity index (χ1n) is 6.77. The summed E-state index contributed by atoms with van der Waals surface area (Å²) < 4.78 is 37.4. The standard InChI is InChI=1S/C14H19F3N2O/c1-10-4-6-13(9-20,7-5-10)19-12-3-2-11(8-18-12)14(15,16)17/h2-3,8,10,20H,4-7,9H2,1H3,(H,18,19). The fraction of sp³-hybridized carbons (Fsp3) is 0.643. The number of nitrogens with one attached hydrogen (secondary N) is 1. The monoisotopic (exact) mass is 288 g/mol. The van der Waals surface area contributed by atoms with Crippen LogP contribution in [0.1, 0.15) is 38.2 Å². The Bertz CT molecular complexity index is 437. The zero-order valence-electron chi connectivity index (χ0n) is 11.4. The van der Waals surface area contributed by atoms with Gasteiger partial charge in [0.05, 0.1) is 17.7 Å². The molecule has 0 saturated heterocycles. The van der Waals surface area contributed by atoms with Gasteiger partial charge < -0.3 is 10.4 Å². The zero-order chi connectivity index (χ0) is 14.8. The van der Waals surface area contributed by atoms with Crippen molar-refractivity contribution in [3.63, 3.8) is 0 Å². The molecular weight excluding hydrogens is 269 g/mol. The molecule has 112 valence electrons. The smallest absolute Gasteiger partial charge is 0.394 e. The second-order valence-corrected chi connectivity index (χ2v) is 5.68. The quantitative estimate of drug-likeness (QED) is 0.895. The lowest BCUT2D eigenvalue weighted by molar-refractivity contribution is -0.137. The molecular formula is C14H19F3N2O. The predicted octanol–water partition coefficient (Wildman–Crippen LogP) is 3.45. The molecule has 1 saturated carbocycles. The van der Waals surface area contributed by atoms with Crippen LogP contribution < -0.4 is 5.32 Å². The second-order valence-electron chi connectivity index (χ2n) is 5.68. The van der Waals surface area contributed by atoms with Gasteiger partial charge in [0.1, 0.15) is 5.82 Å². The molecule has 0 radical (unpaired) electrons. The summed E-state index contributed by atoms with van der Waals surface area (Å²) in [7, 11) is 0. The fourth-order valence-electron chi connectivity index (χ4n) is 2.54. The number of halogens is 3. The van der Waals surface area contributed by atoms with E-state index in [9.17, 15) is 18.3 Å². The molecule has 1 aliphatic rings.